The van der Waals surface area contributed by atoms with E-state index in [0.717, 1.165) is 12.0 Å². The molecule has 0 N–H and O–H groups in total. The van der Waals surface area contributed by atoms with E-state index < -0.39 is 0 Å². The molecule has 0 spiro atoms. The van der Waals surface area contributed by atoms with Gasteiger partial charge in [0.25, 0.3) is 0 Å². The van der Waals surface area contributed by atoms with E-state index in [9.17, 15) is 4.79 Å². The van der Waals surface area contributed by atoms with Crippen LogP contribution in [0.1, 0.15) is 28.8 Å². The summed E-state index contributed by atoms with van der Waals surface area (Å²) in [5.74, 6) is 0.180. The number of ketones is 1. The number of carbonyl (C=O) groups excluding carboxylic acids is 1. The molecule has 2 aromatic rings. The van der Waals surface area contributed by atoms with Crippen LogP contribution < -0.4 is 0 Å². The second kappa shape index (κ2) is 8.88. The first kappa shape index (κ1) is 15.2. The first-order valence-corrected chi connectivity index (χ1v) is 7.24. The molecule has 2 heteroatoms. The second-order valence-electron chi connectivity index (χ2n) is 4.78. The second-order valence-corrected chi connectivity index (χ2v) is 4.78. The van der Waals surface area contributed by atoms with Crippen LogP contribution in [0.5, 0.6) is 0 Å². The van der Waals surface area contributed by atoms with Crippen molar-refractivity contribution >= 4 is 11.9 Å². The third-order valence-electron chi connectivity index (χ3n) is 3.11. The summed E-state index contributed by atoms with van der Waals surface area (Å²) in [5, 5.41) is 0. The molecule has 0 saturated carbocycles. The van der Waals surface area contributed by atoms with E-state index in [-0.39, 0.29) is 5.78 Å². The Morgan fingerprint density at radius 2 is 1.62 bits per heavy atom. The summed E-state index contributed by atoms with van der Waals surface area (Å²) in [6.07, 6.45) is 5.32. The smallest absolute Gasteiger partial charge is 0.162 e. The van der Waals surface area contributed by atoms with Crippen LogP contribution in [0.4, 0.5) is 0 Å². The van der Waals surface area contributed by atoms with E-state index in [1.807, 2.05) is 60.7 Å². The van der Waals surface area contributed by atoms with Gasteiger partial charge < -0.3 is 4.74 Å². The summed E-state index contributed by atoms with van der Waals surface area (Å²) < 4.78 is 5.50. The number of hydrogen-bond acceptors (Lipinski definition) is 2. The van der Waals surface area contributed by atoms with E-state index >= 15 is 0 Å². The van der Waals surface area contributed by atoms with Gasteiger partial charge in [-0.15, -0.1) is 0 Å². The lowest BCUT2D eigenvalue weighted by molar-refractivity contribution is 0.0954. The molecule has 0 radical (unpaired) electrons. The van der Waals surface area contributed by atoms with Gasteiger partial charge in [0.15, 0.2) is 5.78 Å². The van der Waals surface area contributed by atoms with E-state index in [2.05, 4.69) is 12.1 Å². The van der Waals surface area contributed by atoms with Crippen molar-refractivity contribution in [2.75, 3.05) is 13.2 Å². The zero-order valence-corrected chi connectivity index (χ0v) is 12.1. The number of ether oxygens (including phenoxy) is 1. The van der Waals surface area contributed by atoms with Gasteiger partial charge in [0.1, 0.15) is 0 Å². The quantitative estimate of drug-likeness (QED) is 0.530. The summed E-state index contributed by atoms with van der Waals surface area (Å²) in [7, 11) is 0. The maximum absolute atomic E-state index is 11.8. The Labute approximate surface area is 126 Å². The van der Waals surface area contributed by atoms with Crippen LogP contribution in [0.2, 0.25) is 0 Å². The topological polar surface area (TPSA) is 26.3 Å². The number of rotatable bonds is 8. The highest BCUT2D eigenvalue weighted by Gasteiger charge is 2.03. The van der Waals surface area contributed by atoms with E-state index in [4.69, 9.17) is 4.74 Å². The molecule has 0 aliphatic rings. The molecule has 0 aliphatic heterocycles. The third-order valence-corrected chi connectivity index (χ3v) is 3.11. The molecule has 0 aliphatic carbocycles. The summed E-state index contributed by atoms with van der Waals surface area (Å²) in [6, 6.07) is 19.5. The van der Waals surface area contributed by atoms with Crippen molar-refractivity contribution in [2.24, 2.45) is 0 Å². The first-order valence-electron chi connectivity index (χ1n) is 7.24. The molecule has 0 heterocycles. The number of carbonyl (C=O) groups is 1. The van der Waals surface area contributed by atoms with Crippen LogP contribution in [0.15, 0.2) is 66.7 Å². The van der Waals surface area contributed by atoms with E-state index in [1.54, 1.807) is 0 Å². The van der Waals surface area contributed by atoms with E-state index in [0.29, 0.717) is 19.6 Å². The zero-order valence-electron chi connectivity index (χ0n) is 12.1. The Morgan fingerprint density at radius 1 is 0.952 bits per heavy atom. The number of benzene rings is 2. The average Bonchev–Trinajstić information content (AvgIpc) is 2.55. The Bertz CT molecular complexity index is 559. The number of Topliss-reactive ketones (excluding diaryl/α,β-unsaturated/α-hetero) is 1. The fourth-order valence-corrected chi connectivity index (χ4v) is 2.00. The van der Waals surface area contributed by atoms with Crippen LogP contribution in [0, 0.1) is 0 Å². The standard InChI is InChI=1S/C19H20O2/c20-19(18-12-5-2-6-13-18)14-8-16-21-15-7-11-17-9-3-1-4-10-17/h1-7,9-13H,8,14-16H2. The van der Waals surface area contributed by atoms with Gasteiger partial charge in [0.05, 0.1) is 6.61 Å². The fourth-order valence-electron chi connectivity index (χ4n) is 2.00. The van der Waals surface area contributed by atoms with Crippen LogP contribution >= 0.6 is 0 Å². The van der Waals surface area contributed by atoms with Gasteiger partial charge >= 0.3 is 0 Å². The van der Waals surface area contributed by atoms with Crippen molar-refractivity contribution in [3.63, 3.8) is 0 Å². The zero-order chi connectivity index (χ0) is 14.8. The maximum Gasteiger partial charge on any atom is 0.162 e. The normalized spacial score (nSPS) is 10.9. The Balaban J connectivity index is 1.58. The third kappa shape index (κ3) is 5.76. The largest absolute Gasteiger partial charge is 0.377 e. The summed E-state index contributed by atoms with van der Waals surface area (Å²) in [4.78, 5) is 11.8. The Hall–Kier alpha value is -2.19. The molecule has 0 unspecified atom stereocenters. The van der Waals surface area contributed by atoms with Crippen LogP contribution in [0.3, 0.4) is 0 Å². The first-order chi connectivity index (χ1) is 10.4. The highest BCUT2D eigenvalue weighted by molar-refractivity contribution is 5.95. The summed E-state index contributed by atoms with van der Waals surface area (Å²) in [5.41, 5.74) is 1.95. The maximum atomic E-state index is 11.8. The fraction of sp³-hybridized carbons (Fsp3) is 0.211. The predicted molar refractivity (Wildman–Crippen MR) is 86.3 cm³/mol. The van der Waals surface area contributed by atoms with Crippen molar-refractivity contribution in [2.45, 2.75) is 12.8 Å². The molecule has 0 aromatic heterocycles. The molecule has 2 aromatic carbocycles. The van der Waals surface area contributed by atoms with Crippen LogP contribution in [-0.2, 0) is 4.74 Å². The van der Waals surface area contributed by atoms with Gasteiger partial charge in [-0.25, -0.2) is 0 Å². The lowest BCUT2D eigenvalue weighted by Crippen LogP contribution is -2.02. The molecule has 0 bridgehead atoms. The van der Waals surface area contributed by atoms with Gasteiger partial charge in [-0.1, -0.05) is 72.8 Å². The van der Waals surface area contributed by atoms with Gasteiger partial charge in [0, 0.05) is 18.6 Å². The minimum atomic E-state index is 0.180. The minimum absolute atomic E-state index is 0.180. The Morgan fingerprint density at radius 3 is 2.33 bits per heavy atom. The van der Waals surface area contributed by atoms with Crippen molar-refractivity contribution in [1.82, 2.24) is 0 Å². The van der Waals surface area contributed by atoms with Crippen molar-refractivity contribution in [3.05, 3.63) is 77.9 Å². The van der Waals surface area contributed by atoms with Crippen LogP contribution in [-0.4, -0.2) is 19.0 Å². The Kier molecular flexibility index (Phi) is 6.43. The molecule has 0 atom stereocenters. The molecular weight excluding hydrogens is 260 g/mol. The van der Waals surface area contributed by atoms with Crippen LogP contribution in [0.25, 0.3) is 6.08 Å². The van der Waals surface area contributed by atoms with Gasteiger partial charge in [-0.3, -0.25) is 4.79 Å². The molecule has 0 amide bonds. The molecule has 2 nitrogen and oxygen atoms in total. The van der Waals surface area contributed by atoms with E-state index in [1.165, 1.54) is 5.56 Å². The highest BCUT2D eigenvalue weighted by Crippen LogP contribution is 2.05. The molecule has 2 rings (SSSR count). The summed E-state index contributed by atoms with van der Waals surface area (Å²) in [6.45, 7) is 1.19. The monoisotopic (exact) mass is 280 g/mol. The lowest BCUT2D eigenvalue weighted by Gasteiger charge is -2.02. The predicted octanol–water partition coefficient (Wildman–Crippen LogP) is 4.38. The van der Waals surface area contributed by atoms with Crippen molar-refractivity contribution < 1.29 is 9.53 Å². The molecule has 0 fully saturated rings. The average molecular weight is 280 g/mol. The lowest BCUT2D eigenvalue weighted by atomic mass is 10.1. The summed E-state index contributed by atoms with van der Waals surface area (Å²) >= 11 is 0. The van der Waals surface area contributed by atoms with Gasteiger partial charge in [-0.2, -0.15) is 0 Å². The minimum Gasteiger partial charge on any atom is -0.377 e. The SMILES string of the molecule is O=C(CCCOCC=Cc1ccccc1)c1ccccc1. The highest BCUT2D eigenvalue weighted by atomic mass is 16.5. The number of hydrogen-bond donors (Lipinski definition) is 0. The molecular formula is C19H20O2. The van der Waals surface area contributed by atoms with Crippen molar-refractivity contribution in [3.8, 4) is 0 Å². The van der Waals surface area contributed by atoms with Gasteiger partial charge in [-0.05, 0) is 12.0 Å². The molecule has 21 heavy (non-hydrogen) atoms. The van der Waals surface area contributed by atoms with Gasteiger partial charge in [0.2, 0.25) is 0 Å². The molecule has 0 saturated heterocycles. The van der Waals surface area contributed by atoms with Crippen molar-refractivity contribution in [1.29, 1.82) is 0 Å². The molecule has 108 valence electrons.